The van der Waals surface area contributed by atoms with E-state index in [1.165, 1.54) is 0 Å². The van der Waals surface area contributed by atoms with Crippen LogP contribution >= 0.6 is 15.9 Å². The molecule has 2 aromatic rings. The number of carbonyl (C=O) groups excluding carboxylic acids is 2. The number of nitrogens with one attached hydrogen (secondary N) is 2. The van der Waals surface area contributed by atoms with Gasteiger partial charge in [-0.25, -0.2) is 0 Å². The molecule has 2 N–H and O–H groups in total. The second-order valence-corrected chi connectivity index (χ2v) is 5.95. The summed E-state index contributed by atoms with van der Waals surface area (Å²) in [4.78, 5) is 24.1. The van der Waals surface area contributed by atoms with Crippen LogP contribution in [-0.2, 0) is 4.74 Å². The van der Waals surface area contributed by atoms with E-state index < -0.39 is 0 Å². The van der Waals surface area contributed by atoms with Crippen LogP contribution in [0.2, 0.25) is 0 Å². The topological polar surface area (TPSA) is 76.7 Å². The molecule has 132 valence electrons. The molecule has 0 saturated heterocycles. The minimum atomic E-state index is -0.279. The van der Waals surface area contributed by atoms with E-state index in [2.05, 4.69) is 26.6 Å². The maximum absolute atomic E-state index is 12.4. The van der Waals surface area contributed by atoms with Crippen molar-refractivity contribution in [2.45, 2.75) is 0 Å². The first-order valence-electron chi connectivity index (χ1n) is 7.60. The second kappa shape index (κ2) is 9.19. The summed E-state index contributed by atoms with van der Waals surface area (Å²) < 4.78 is 11.1. The molecule has 0 spiro atoms. The fourth-order valence-electron chi connectivity index (χ4n) is 2.08. The van der Waals surface area contributed by atoms with Crippen LogP contribution in [0.1, 0.15) is 20.7 Å². The molecule has 25 heavy (non-hydrogen) atoms. The molecular weight excluding hydrogens is 388 g/mol. The minimum absolute atomic E-state index is 0.212. The van der Waals surface area contributed by atoms with Gasteiger partial charge in [-0.2, -0.15) is 0 Å². The van der Waals surface area contributed by atoms with Gasteiger partial charge in [0.15, 0.2) is 0 Å². The Labute approximate surface area is 154 Å². The Hall–Kier alpha value is -2.38. The number of amides is 2. The lowest BCUT2D eigenvalue weighted by molar-refractivity contribution is 0.0961. The normalized spacial score (nSPS) is 10.2. The van der Waals surface area contributed by atoms with Crippen molar-refractivity contribution in [2.24, 2.45) is 0 Å². The number of methoxy groups -OCH3 is 1. The van der Waals surface area contributed by atoms with Gasteiger partial charge in [0.25, 0.3) is 11.8 Å². The Morgan fingerprint density at radius 2 is 1.80 bits per heavy atom. The van der Waals surface area contributed by atoms with Crippen LogP contribution in [0.15, 0.2) is 46.9 Å². The summed E-state index contributed by atoms with van der Waals surface area (Å²) in [5.41, 5.74) is 1.49. The number of benzene rings is 2. The zero-order chi connectivity index (χ0) is 18.2. The fourth-order valence-corrected chi connectivity index (χ4v) is 2.57. The molecule has 2 aromatic carbocycles. The number of anilines is 1. The van der Waals surface area contributed by atoms with Gasteiger partial charge in [0.05, 0.1) is 11.1 Å². The molecule has 2 amide bonds. The molecule has 2 rings (SSSR count). The Morgan fingerprint density at radius 1 is 1.04 bits per heavy atom. The third-order valence-electron chi connectivity index (χ3n) is 3.35. The van der Waals surface area contributed by atoms with Crippen LogP contribution in [-0.4, -0.2) is 39.2 Å². The summed E-state index contributed by atoms with van der Waals surface area (Å²) in [6.45, 7) is 0.906. The van der Waals surface area contributed by atoms with Gasteiger partial charge in [-0.15, -0.1) is 0 Å². The average molecular weight is 407 g/mol. The highest BCUT2D eigenvalue weighted by molar-refractivity contribution is 9.10. The van der Waals surface area contributed by atoms with Gasteiger partial charge < -0.3 is 20.1 Å². The Bertz CT molecular complexity index is 764. The van der Waals surface area contributed by atoms with Gasteiger partial charge in [0.1, 0.15) is 12.4 Å². The fraction of sp³-hybridized carbons (Fsp3) is 0.222. The first-order chi connectivity index (χ1) is 12.0. The van der Waals surface area contributed by atoms with Crippen molar-refractivity contribution in [2.75, 3.05) is 32.7 Å². The molecule has 0 heterocycles. The van der Waals surface area contributed by atoms with E-state index in [9.17, 15) is 9.59 Å². The van der Waals surface area contributed by atoms with Crippen LogP contribution < -0.4 is 15.4 Å². The van der Waals surface area contributed by atoms with Gasteiger partial charge in [-0.3, -0.25) is 9.59 Å². The highest BCUT2D eigenvalue weighted by Crippen LogP contribution is 2.26. The lowest BCUT2D eigenvalue weighted by atomic mass is 10.1. The highest BCUT2D eigenvalue weighted by Gasteiger charge is 2.11. The Kier molecular flexibility index (Phi) is 6.97. The van der Waals surface area contributed by atoms with Crippen molar-refractivity contribution in [3.63, 3.8) is 0 Å². The molecule has 0 radical (unpaired) electrons. The van der Waals surface area contributed by atoms with Crippen molar-refractivity contribution < 1.29 is 19.1 Å². The predicted octanol–water partition coefficient (Wildman–Crippen LogP) is 3.09. The van der Waals surface area contributed by atoms with E-state index in [0.29, 0.717) is 40.3 Å². The highest BCUT2D eigenvalue weighted by atomic mass is 79.9. The number of hydrogen-bond donors (Lipinski definition) is 2. The van der Waals surface area contributed by atoms with Crippen molar-refractivity contribution in [1.29, 1.82) is 0 Å². The Morgan fingerprint density at radius 3 is 2.48 bits per heavy atom. The molecule has 0 unspecified atom stereocenters. The Balaban J connectivity index is 2.08. The van der Waals surface area contributed by atoms with Gasteiger partial charge >= 0.3 is 0 Å². The third kappa shape index (κ3) is 5.30. The van der Waals surface area contributed by atoms with Gasteiger partial charge in [0.2, 0.25) is 0 Å². The molecule has 7 heteroatoms. The van der Waals surface area contributed by atoms with Gasteiger partial charge in [-0.1, -0.05) is 6.07 Å². The molecule has 0 aliphatic carbocycles. The molecule has 0 bridgehead atoms. The summed E-state index contributed by atoms with van der Waals surface area (Å²) >= 11 is 3.39. The van der Waals surface area contributed by atoms with Crippen molar-refractivity contribution >= 4 is 33.4 Å². The third-order valence-corrected chi connectivity index (χ3v) is 3.97. The van der Waals surface area contributed by atoms with Crippen LogP contribution in [0.3, 0.4) is 0 Å². The number of hydrogen-bond acceptors (Lipinski definition) is 4. The smallest absolute Gasteiger partial charge is 0.255 e. The standard InChI is InChI=1S/C18H19BrN2O4/c1-20-17(22)12-4-3-5-14(10-12)21-18(23)13-6-7-16(15(19)11-13)25-9-8-24-2/h3-7,10-11H,8-9H2,1-2H3,(H,20,22)(H,21,23). The zero-order valence-electron chi connectivity index (χ0n) is 14.0. The van der Waals surface area contributed by atoms with Crippen LogP contribution in [0, 0.1) is 0 Å². The summed E-state index contributed by atoms with van der Waals surface area (Å²) in [6, 6.07) is 11.8. The number of ether oxygens (including phenoxy) is 2. The molecule has 0 saturated carbocycles. The van der Waals surface area contributed by atoms with E-state index in [-0.39, 0.29) is 11.8 Å². The van der Waals surface area contributed by atoms with Gasteiger partial charge in [-0.05, 0) is 52.3 Å². The van der Waals surface area contributed by atoms with E-state index in [1.54, 1.807) is 56.6 Å². The van der Waals surface area contributed by atoms with Crippen LogP contribution in [0.4, 0.5) is 5.69 Å². The summed E-state index contributed by atoms with van der Waals surface area (Å²) in [7, 11) is 3.16. The maximum Gasteiger partial charge on any atom is 0.255 e. The first-order valence-corrected chi connectivity index (χ1v) is 8.39. The minimum Gasteiger partial charge on any atom is -0.490 e. The molecule has 0 aliphatic rings. The monoisotopic (exact) mass is 406 g/mol. The maximum atomic E-state index is 12.4. The lowest BCUT2D eigenvalue weighted by Gasteiger charge is -2.10. The molecule has 0 atom stereocenters. The average Bonchev–Trinajstić information content (AvgIpc) is 2.62. The predicted molar refractivity (Wildman–Crippen MR) is 99.3 cm³/mol. The van der Waals surface area contributed by atoms with Crippen LogP contribution in [0.25, 0.3) is 0 Å². The SMILES string of the molecule is CNC(=O)c1cccc(NC(=O)c2ccc(OCCOC)c(Br)c2)c1. The van der Waals surface area contributed by atoms with Crippen LogP contribution in [0.5, 0.6) is 5.75 Å². The second-order valence-electron chi connectivity index (χ2n) is 5.10. The van der Waals surface area contributed by atoms with E-state index >= 15 is 0 Å². The molecule has 0 fully saturated rings. The van der Waals surface area contributed by atoms with Crippen molar-refractivity contribution in [3.05, 3.63) is 58.1 Å². The quantitative estimate of drug-likeness (QED) is 0.692. The van der Waals surface area contributed by atoms with E-state index in [4.69, 9.17) is 9.47 Å². The molecule has 0 aromatic heterocycles. The summed E-state index contributed by atoms with van der Waals surface area (Å²) in [5, 5.41) is 5.32. The summed E-state index contributed by atoms with van der Waals surface area (Å²) in [5.74, 6) is 0.143. The van der Waals surface area contributed by atoms with Crippen molar-refractivity contribution in [3.8, 4) is 5.75 Å². The van der Waals surface area contributed by atoms with E-state index in [0.717, 1.165) is 0 Å². The lowest BCUT2D eigenvalue weighted by Crippen LogP contribution is -2.18. The number of rotatable bonds is 7. The van der Waals surface area contributed by atoms with Gasteiger partial charge in [0, 0.05) is 31.0 Å². The molecular formula is C18H19BrN2O4. The first kappa shape index (κ1) is 19.0. The molecule has 0 aliphatic heterocycles. The van der Waals surface area contributed by atoms with Crippen molar-refractivity contribution in [1.82, 2.24) is 5.32 Å². The number of halogens is 1. The number of carbonyl (C=O) groups is 2. The largest absolute Gasteiger partial charge is 0.490 e. The summed E-state index contributed by atoms with van der Waals surface area (Å²) in [6.07, 6.45) is 0. The van der Waals surface area contributed by atoms with E-state index in [1.807, 2.05) is 0 Å². The zero-order valence-corrected chi connectivity index (χ0v) is 15.6. The molecule has 6 nitrogen and oxygen atoms in total.